The SMILES string of the molecule is CSc1nc2nc(C)cc(OCC3CN(C(=O)CCC(=O)Nc4cc(C)ccn4)CCO3)n2n1. The first-order valence-electron chi connectivity index (χ1n) is 10.9. The summed E-state index contributed by atoms with van der Waals surface area (Å²) in [5, 5.41) is 7.72. The molecule has 1 saturated heterocycles. The van der Waals surface area contributed by atoms with E-state index in [1.807, 2.05) is 26.2 Å². The van der Waals surface area contributed by atoms with Crippen LogP contribution in [0.5, 0.6) is 5.88 Å². The summed E-state index contributed by atoms with van der Waals surface area (Å²) in [6, 6.07) is 5.43. The predicted molar refractivity (Wildman–Crippen MR) is 126 cm³/mol. The standard InChI is InChI=1S/C22H27N7O4S/c1-14-6-7-23-17(10-14)25-18(30)4-5-19(31)28-8-9-32-16(12-28)13-33-20-11-15(2)24-21-26-22(34-3)27-29(20)21/h6-7,10-11,16H,4-5,8-9,12-13H2,1-3H3,(H,23,25,30). The first kappa shape index (κ1) is 23.9. The van der Waals surface area contributed by atoms with Crippen molar-refractivity contribution in [2.75, 3.05) is 37.9 Å². The molecule has 4 heterocycles. The molecule has 1 aliphatic rings. The lowest BCUT2D eigenvalue weighted by molar-refractivity contribution is -0.140. The zero-order valence-corrected chi connectivity index (χ0v) is 20.2. The summed E-state index contributed by atoms with van der Waals surface area (Å²) in [7, 11) is 0. The number of rotatable bonds is 8. The molecule has 0 radical (unpaired) electrons. The van der Waals surface area contributed by atoms with Gasteiger partial charge < -0.3 is 19.7 Å². The number of anilines is 1. The number of ether oxygens (including phenoxy) is 2. The minimum absolute atomic E-state index is 0.0886. The third kappa shape index (κ3) is 6.00. The number of pyridine rings is 1. The Hall–Kier alpha value is -3.25. The number of hydrogen-bond acceptors (Lipinski definition) is 9. The Kier molecular flexibility index (Phi) is 7.58. The average molecular weight is 486 g/mol. The maximum Gasteiger partial charge on any atom is 0.256 e. The van der Waals surface area contributed by atoms with Crippen molar-refractivity contribution >= 4 is 35.2 Å². The topological polar surface area (TPSA) is 124 Å². The van der Waals surface area contributed by atoms with Gasteiger partial charge in [0.05, 0.1) is 13.2 Å². The Morgan fingerprint density at radius 2 is 2.12 bits per heavy atom. The Labute approximate surface area is 201 Å². The highest BCUT2D eigenvalue weighted by atomic mass is 32.2. The molecule has 2 amide bonds. The van der Waals surface area contributed by atoms with Crippen LogP contribution in [0.3, 0.4) is 0 Å². The van der Waals surface area contributed by atoms with Gasteiger partial charge in [0.1, 0.15) is 18.5 Å². The van der Waals surface area contributed by atoms with E-state index in [2.05, 4.69) is 25.4 Å². The first-order valence-corrected chi connectivity index (χ1v) is 12.2. The molecule has 0 bridgehead atoms. The molecule has 34 heavy (non-hydrogen) atoms. The number of carbonyl (C=O) groups excluding carboxylic acids is 2. The van der Waals surface area contributed by atoms with Gasteiger partial charge in [-0.25, -0.2) is 9.97 Å². The van der Waals surface area contributed by atoms with Crippen LogP contribution in [0, 0.1) is 13.8 Å². The Bertz CT molecular complexity index is 1190. The van der Waals surface area contributed by atoms with Crippen molar-refractivity contribution in [1.29, 1.82) is 0 Å². The smallest absolute Gasteiger partial charge is 0.256 e. The molecule has 0 spiro atoms. The third-order valence-corrected chi connectivity index (χ3v) is 5.77. The fourth-order valence-electron chi connectivity index (χ4n) is 3.54. The fraction of sp³-hybridized carbons (Fsp3) is 0.455. The normalized spacial score (nSPS) is 16.0. The van der Waals surface area contributed by atoms with Crippen LogP contribution in [0.4, 0.5) is 5.82 Å². The zero-order valence-electron chi connectivity index (χ0n) is 19.4. The van der Waals surface area contributed by atoms with Gasteiger partial charge in [-0.1, -0.05) is 11.8 Å². The van der Waals surface area contributed by atoms with Crippen molar-refractivity contribution in [2.24, 2.45) is 0 Å². The number of nitrogens with zero attached hydrogens (tertiary/aromatic N) is 6. The third-order valence-electron chi connectivity index (χ3n) is 5.23. The number of aromatic nitrogens is 5. The van der Waals surface area contributed by atoms with E-state index >= 15 is 0 Å². The van der Waals surface area contributed by atoms with Gasteiger partial charge in [0.25, 0.3) is 5.78 Å². The minimum atomic E-state index is -0.296. The molecule has 1 N–H and O–H groups in total. The summed E-state index contributed by atoms with van der Waals surface area (Å²) < 4.78 is 13.3. The van der Waals surface area contributed by atoms with Crippen LogP contribution in [0.2, 0.25) is 0 Å². The van der Waals surface area contributed by atoms with E-state index in [1.165, 1.54) is 11.8 Å². The molecule has 1 fully saturated rings. The highest BCUT2D eigenvalue weighted by molar-refractivity contribution is 7.98. The lowest BCUT2D eigenvalue weighted by Gasteiger charge is -2.32. The van der Waals surface area contributed by atoms with Crippen molar-refractivity contribution in [3.63, 3.8) is 0 Å². The molecule has 1 atom stereocenters. The second-order valence-corrected chi connectivity index (χ2v) is 8.73. The molecule has 12 heteroatoms. The molecule has 3 aromatic heterocycles. The molecule has 11 nitrogen and oxygen atoms in total. The summed E-state index contributed by atoms with van der Waals surface area (Å²) in [6.07, 6.45) is 3.44. The Morgan fingerprint density at radius 3 is 2.91 bits per heavy atom. The van der Waals surface area contributed by atoms with Gasteiger partial charge in [-0.15, -0.1) is 5.10 Å². The van der Waals surface area contributed by atoms with Crippen molar-refractivity contribution in [2.45, 2.75) is 37.9 Å². The maximum absolute atomic E-state index is 12.7. The van der Waals surface area contributed by atoms with Gasteiger partial charge in [0, 0.05) is 37.3 Å². The van der Waals surface area contributed by atoms with Crippen LogP contribution in [0.25, 0.3) is 5.78 Å². The predicted octanol–water partition coefficient (Wildman–Crippen LogP) is 1.88. The molecular weight excluding hydrogens is 458 g/mol. The summed E-state index contributed by atoms with van der Waals surface area (Å²) in [6.45, 7) is 5.31. The second-order valence-electron chi connectivity index (χ2n) is 7.96. The van der Waals surface area contributed by atoms with E-state index in [4.69, 9.17) is 9.47 Å². The van der Waals surface area contributed by atoms with Crippen molar-refractivity contribution in [1.82, 2.24) is 29.5 Å². The highest BCUT2D eigenvalue weighted by Crippen LogP contribution is 2.18. The van der Waals surface area contributed by atoms with Gasteiger partial charge in [0.2, 0.25) is 22.9 Å². The summed E-state index contributed by atoms with van der Waals surface area (Å²) in [5.74, 6) is 1.14. The number of fused-ring (bicyclic) bond motifs is 1. The second kappa shape index (κ2) is 10.8. The maximum atomic E-state index is 12.7. The average Bonchev–Trinajstić information content (AvgIpc) is 3.24. The number of morpholine rings is 1. The summed E-state index contributed by atoms with van der Waals surface area (Å²) in [4.78, 5) is 39.4. The van der Waals surface area contributed by atoms with Crippen LogP contribution in [0.15, 0.2) is 29.6 Å². The molecular formula is C22H27N7O4S. The molecule has 3 aromatic rings. The molecule has 0 aromatic carbocycles. The van der Waals surface area contributed by atoms with Crippen LogP contribution >= 0.6 is 11.8 Å². The number of hydrogen-bond donors (Lipinski definition) is 1. The van der Waals surface area contributed by atoms with Crippen LogP contribution in [-0.2, 0) is 14.3 Å². The monoisotopic (exact) mass is 485 g/mol. The highest BCUT2D eigenvalue weighted by Gasteiger charge is 2.25. The lowest BCUT2D eigenvalue weighted by Crippen LogP contribution is -2.47. The van der Waals surface area contributed by atoms with Crippen LogP contribution in [-0.4, -0.2) is 79.9 Å². The zero-order chi connectivity index (χ0) is 24.1. The van der Waals surface area contributed by atoms with E-state index in [-0.39, 0.29) is 37.4 Å². The van der Waals surface area contributed by atoms with E-state index < -0.39 is 0 Å². The van der Waals surface area contributed by atoms with E-state index in [0.29, 0.717) is 42.3 Å². The van der Waals surface area contributed by atoms with Gasteiger partial charge in [0.15, 0.2) is 0 Å². The largest absolute Gasteiger partial charge is 0.475 e. The quantitative estimate of drug-likeness (QED) is 0.476. The van der Waals surface area contributed by atoms with Gasteiger partial charge in [-0.2, -0.15) is 9.50 Å². The van der Waals surface area contributed by atoms with E-state index in [0.717, 1.165) is 11.3 Å². The van der Waals surface area contributed by atoms with Crippen LogP contribution in [0.1, 0.15) is 24.1 Å². The first-order chi connectivity index (χ1) is 16.4. The van der Waals surface area contributed by atoms with Crippen molar-refractivity contribution in [3.05, 3.63) is 35.7 Å². The molecule has 1 unspecified atom stereocenters. The van der Waals surface area contributed by atoms with Gasteiger partial charge >= 0.3 is 0 Å². The summed E-state index contributed by atoms with van der Waals surface area (Å²) in [5.41, 5.74) is 1.77. The Morgan fingerprint density at radius 1 is 1.26 bits per heavy atom. The lowest BCUT2D eigenvalue weighted by atomic mass is 10.2. The van der Waals surface area contributed by atoms with Crippen molar-refractivity contribution < 1.29 is 19.1 Å². The fourth-order valence-corrected chi connectivity index (χ4v) is 3.87. The molecule has 0 saturated carbocycles. The Balaban J connectivity index is 1.28. The molecule has 0 aliphatic carbocycles. The van der Waals surface area contributed by atoms with E-state index in [1.54, 1.807) is 27.7 Å². The number of aryl methyl sites for hydroxylation is 2. The van der Waals surface area contributed by atoms with Crippen LogP contribution < -0.4 is 10.1 Å². The number of nitrogens with one attached hydrogen (secondary N) is 1. The molecule has 4 rings (SSSR count). The molecule has 180 valence electrons. The van der Waals surface area contributed by atoms with Gasteiger partial charge in [-0.3, -0.25) is 9.59 Å². The van der Waals surface area contributed by atoms with Gasteiger partial charge in [-0.05, 0) is 37.8 Å². The number of carbonyl (C=O) groups is 2. The number of thioether (sulfide) groups is 1. The molecule has 1 aliphatic heterocycles. The minimum Gasteiger partial charge on any atom is -0.475 e. The summed E-state index contributed by atoms with van der Waals surface area (Å²) >= 11 is 1.43. The number of amides is 2. The van der Waals surface area contributed by atoms with E-state index in [9.17, 15) is 9.59 Å². The van der Waals surface area contributed by atoms with Crippen molar-refractivity contribution in [3.8, 4) is 5.88 Å².